The zero-order chi connectivity index (χ0) is 22.2. The zero-order valence-corrected chi connectivity index (χ0v) is 18.6. The van der Waals surface area contributed by atoms with Crippen molar-refractivity contribution in [1.82, 2.24) is 24.6 Å². The van der Waals surface area contributed by atoms with Crippen molar-refractivity contribution in [3.63, 3.8) is 0 Å². The summed E-state index contributed by atoms with van der Waals surface area (Å²) in [5.41, 5.74) is 4.96. The number of fused-ring (bicyclic) bond motifs is 2. The molecule has 1 aliphatic heterocycles. The summed E-state index contributed by atoms with van der Waals surface area (Å²) >= 11 is 6.38. The minimum absolute atomic E-state index is 0.0878. The quantitative estimate of drug-likeness (QED) is 0.479. The molecule has 0 radical (unpaired) electrons. The van der Waals surface area contributed by atoms with Crippen molar-refractivity contribution >= 4 is 34.1 Å². The number of nitrogens with zero attached hydrogens (tertiary/aromatic N) is 5. The van der Waals surface area contributed by atoms with Crippen LogP contribution in [-0.2, 0) is 19.6 Å². The maximum Gasteiger partial charge on any atom is 0.249 e. The van der Waals surface area contributed by atoms with Crippen LogP contribution in [0.1, 0.15) is 16.7 Å². The van der Waals surface area contributed by atoms with Gasteiger partial charge in [0.2, 0.25) is 5.95 Å². The Morgan fingerprint density at radius 1 is 1.19 bits per heavy atom. The van der Waals surface area contributed by atoms with E-state index in [1.807, 2.05) is 35.0 Å². The Hall–Kier alpha value is -3.20. The second kappa shape index (κ2) is 8.38. The largest absolute Gasteiger partial charge is 0.495 e. The molecule has 0 aliphatic carbocycles. The molecule has 0 atom stereocenters. The van der Waals surface area contributed by atoms with Gasteiger partial charge in [-0.15, -0.1) is 10.2 Å². The van der Waals surface area contributed by atoms with Gasteiger partial charge in [0.1, 0.15) is 5.75 Å². The standard InChI is InChI=1S/C23H23ClN6O2/c1-29-8-7-14-10-20(32-2)18(9-15(14)11-29)25-23-26-22(21(24)27-28-23)30-12-16(13-31)17-5-3-4-6-19(17)30/h3-6,9-10,12,31H,7-8,11,13H2,1-2H3,(H,25,26,28). The number of nitrogens with one attached hydrogen (secondary N) is 1. The summed E-state index contributed by atoms with van der Waals surface area (Å²) in [6, 6.07) is 11.9. The van der Waals surface area contributed by atoms with Gasteiger partial charge in [-0.25, -0.2) is 0 Å². The van der Waals surface area contributed by atoms with Crippen molar-refractivity contribution in [2.75, 3.05) is 26.0 Å². The van der Waals surface area contributed by atoms with E-state index in [1.54, 1.807) is 7.11 Å². The lowest BCUT2D eigenvalue weighted by Crippen LogP contribution is -2.26. The molecule has 9 heteroatoms. The summed E-state index contributed by atoms with van der Waals surface area (Å²) in [7, 11) is 3.76. The molecule has 2 N–H and O–H groups in total. The molecule has 1 aliphatic rings. The third kappa shape index (κ3) is 3.66. The topological polar surface area (TPSA) is 88.3 Å². The average molecular weight is 451 g/mol. The van der Waals surface area contributed by atoms with E-state index in [2.05, 4.69) is 44.6 Å². The van der Waals surface area contributed by atoms with E-state index in [4.69, 9.17) is 16.3 Å². The highest BCUT2D eigenvalue weighted by atomic mass is 35.5. The van der Waals surface area contributed by atoms with Crippen LogP contribution in [0.5, 0.6) is 5.75 Å². The molecule has 0 unspecified atom stereocenters. The van der Waals surface area contributed by atoms with Crippen molar-refractivity contribution in [3.05, 3.63) is 64.4 Å². The van der Waals surface area contributed by atoms with Crippen LogP contribution < -0.4 is 10.1 Å². The predicted molar refractivity (Wildman–Crippen MR) is 124 cm³/mol. The number of rotatable bonds is 5. The molecule has 0 bridgehead atoms. The fourth-order valence-electron chi connectivity index (χ4n) is 4.18. The van der Waals surface area contributed by atoms with Crippen molar-refractivity contribution in [2.45, 2.75) is 19.6 Å². The number of aliphatic hydroxyl groups is 1. The number of benzene rings is 2. The Bertz CT molecular complexity index is 1310. The number of likely N-dealkylation sites (N-methyl/N-ethyl adjacent to an activating group) is 1. The van der Waals surface area contributed by atoms with Gasteiger partial charge in [0.25, 0.3) is 0 Å². The van der Waals surface area contributed by atoms with Gasteiger partial charge in [-0.2, -0.15) is 4.98 Å². The zero-order valence-electron chi connectivity index (χ0n) is 17.8. The van der Waals surface area contributed by atoms with Gasteiger partial charge in [-0.1, -0.05) is 29.8 Å². The molecule has 0 saturated heterocycles. The molecule has 8 nitrogen and oxygen atoms in total. The van der Waals surface area contributed by atoms with E-state index in [1.165, 1.54) is 11.1 Å². The van der Waals surface area contributed by atoms with Crippen LogP contribution in [0.15, 0.2) is 42.6 Å². The number of aliphatic hydroxyl groups excluding tert-OH is 1. The fraction of sp³-hybridized carbons (Fsp3) is 0.261. The van der Waals surface area contributed by atoms with E-state index in [0.29, 0.717) is 11.8 Å². The highest BCUT2D eigenvalue weighted by Gasteiger charge is 2.19. The van der Waals surface area contributed by atoms with Crippen LogP contribution in [0.3, 0.4) is 0 Å². The SMILES string of the molecule is COc1cc2c(cc1Nc1nnc(Cl)c(-n3cc(CO)c4ccccc43)n1)CN(C)CC2. The molecule has 3 heterocycles. The second-order valence-electron chi connectivity index (χ2n) is 7.88. The predicted octanol–water partition coefficient (Wildman–Crippen LogP) is 3.70. The smallest absolute Gasteiger partial charge is 0.249 e. The van der Waals surface area contributed by atoms with E-state index in [0.717, 1.165) is 47.4 Å². The summed E-state index contributed by atoms with van der Waals surface area (Å²) in [5.74, 6) is 1.45. The van der Waals surface area contributed by atoms with Gasteiger partial charge < -0.3 is 20.1 Å². The highest BCUT2D eigenvalue weighted by molar-refractivity contribution is 6.31. The lowest BCUT2D eigenvalue weighted by atomic mass is 9.99. The minimum atomic E-state index is -0.0878. The molecule has 0 amide bonds. The van der Waals surface area contributed by atoms with Gasteiger partial charge >= 0.3 is 0 Å². The summed E-state index contributed by atoms with van der Waals surface area (Å²) < 4.78 is 7.44. The van der Waals surface area contributed by atoms with E-state index in [-0.39, 0.29) is 11.8 Å². The molecule has 0 spiro atoms. The Labute approximate surface area is 190 Å². The van der Waals surface area contributed by atoms with Gasteiger partial charge in [0, 0.05) is 30.2 Å². The number of halogens is 1. The summed E-state index contributed by atoms with van der Waals surface area (Å²) in [6.07, 6.45) is 2.80. The van der Waals surface area contributed by atoms with Gasteiger partial charge in [0.15, 0.2) is 11.0 Å². The Kier molecular flexibility index (Phi) is 5.42. The Balaban J connectivity index is 1.55. The summed E-state index contributed by atoms with van der Waals surface area (Å²) in [4.78, 5) is 6.92. The number of aromatic nitrogens is 4. The van der Waals surface area contributed by atoms with E-state index in [9.17, 15) is 5.11 Å². The molecular formula is C23H23ClN6O2. The van der Waals surface area contributed by atoms with Gasteiger partial charge in [0.05, 0.1) is 24.9 Å². The molecule has 164 valence electrons. The number of methoxy groups -OCH3 is 1. The monoisotopic (exact) mass is 450 g/mol. The fourth-order valence-corrected chi connectivity index (χ4v) is 4.35. The number of para-hydroxylation sites is 1. The van der Waals surface area contributed by atoms with Crippen molar-refractivity contribution in [1.29, 1.82) is 0 Å². The maximum absolute atomic E-state index is 9.76. The van der Waals surface area contributed by atoms with Crippen LogP contribution in [0.4, 0.5) is 11.6 Å². The lowest BCUT2D eigenvalue weighted by molar-refractivity contribution is 0.283. The number of ether oxygens (including phenoxy) is 1. The van der Waals surface area contributed by atoms with Crippen molar-refractivity contribution < 1.29 is 9.84 Å². The summed E-state index contributed by atoms with van der Waals surface area (Å²) in [5, 5.41) is 22.3. The van der Waals surface area contributed by atoms with Crippen LogP contribution in [0.25, 0.3) is 16.7 Å². The third-order valence-corrected chi connectivity index (χ3v) is 6.04. The molecule has 2 aromatic carbocycles. The molecular weight excluding hydrogens is 428 g/mol. The number of hydrogen-bond acceptors (Lipinski definition) is 7. The first kappa shape index (κ1) is 20.7. The van der Waals surface area contributed by atoms with Gasteiger partial charge in [-0.3, -0.25) is 4.57 Å². The van der Waals surface area contributed by atoms with Crippen LogP contribution in [0.2, 0.25) is 5.15 Å². The molecule has 2 aromatic heterocycles. The maximum atomic E-state index is 9.76. The Morgan fingerprint density at radius 3 is 2.84 bits per heavy atom. The molecule has 32 heavy (non-hydrogen) atoms. The van der Waals surface area contributed by atoms with Crippen molar-refractivity contribution in [2.24, 2.45) is 0 Å². The normalized spacial score (nSPS) is 13.9. The number of anilines is 2. The Morgan fingerprint density at radius 2 is 2.03 bits per heavy atom. The highest BCUT2D eigenvalue weighted by Crippen LogP contribution is 2.33. The molecule has 4 aromatic rings. The lowest BCUT2D eigenvalue weighted by Gasteiger charge is -2.26. The van der Waals surface area contributed by atoms with E-state index < -0.39 is 0 Å². The first-order chi connectivity index (χ1) is 15.6. The van der Waals surface area contributed by atoms with Crippen LogP contribution >= 0.6 is 11.6 Å². The first-order valence-electron chi connectivity index (χ1n) is 10.3. The molecule has 0 saturated carbocycles. The molecule has 0 fully saturated rings. The summed E-state index contributed by atoms with van der Waals surface area (Å²) in [6.45, 7) is 1.81. The third-order valence-electron chi connectivity index (χ3n) is 5.79. The second-order valence-corrected chi connectivity index (χ2v) is 8.24. The molecule has 5 rings (SSSR count). The van der Waals surface area contributed by atoms with Crippen molar-refractivity contribution in [3.8, 4) is 11.6 Å². The van der Waals surface area contributed by atoms with Crippen LogP contribution in [0, 0.1) is 0 Å². The van der Waals surface area contributed by atoms with Crippen LogP contribution in [-0.4, -0.2) is 50.5 Å². The average Bonchev–Trinajstić information content (AvgIpc) is 3.18. The van der Waals surface area contributed by atoms with Gasteiger partial charge in [-0.05, 0) is 42.8 Å². The minimum Gasteiger partial charge on any atom is -0.495 e. The van der Waals surface area contributed by atoms with E-state index >= 15 is 0 Å². The first-order valence-corrected chi connectivity index (χ1v) is 10.7. The number of hydrogen-bond donors (Lipinski definition) is 2.